The lowest BCUT2D eigenvalue weighted by atomic mass is 10.2. The third kappa shape index (κ3) is 6.51. The fourth-order valence-electron chi connectivity index (χ4n) is 2.19. The van der Waals surface area contributed by atoms with Crippen LogP contribution in [0, 0.1) is 0 Å². The van der Waals surface area contributed by atoms with E-state index < -0.39 is 15.9 Å². The van der Waals surface area contributed by atoms with Gasteiger partial charge in [-0.15, -0.1) is 0 Å². The number of phenols is 2. The van der Waals surface area contributed by atoms with Crippen molar-refractivity contribution in [1.82, 2.24) is 10.6 Å². The summed E-state index contributed by atoms with van der Waals surface area (Å²) in [6.45, 7) is 0.285. The quantitative estimate of drug-likeness (QED) is 0.436. The highest BCUT2D eigenvalue weighted by atomic mass is 32.2. The van der Waals surface area contributed by atoms with Crippen LogP contribution in [0.5, 0.6) is 11.5 Å². The molecule has 2 aromatic rings. The van der Waals surface area contributed by atoms with E-state index in [4.69, 9.17) is 0 Å². The largest absolute Gasteiger partial charge is 0.508 e. The fourth-order valence-corrected chi connectivity index (χ4v) is 2.75. The van der Waals surface area contributed by atoms with Crippen molar-refractivity contribution in [3.8, 4) is 11.5 Å². The molecule has 2 amide bonds. The standard InChI is InChI=1S/C17H19N3O6S/c1-27(25,26)20-13-4-2-11(3-5-13)16(23)18-6-7-19-17(24)12-8-14(21)10-15(22)9-12/h2-5,8-10,20-22H,6-7H2,1H3,(H,18,23)(H,19,24). The number of carbonyl (C=O) groups excluding carboxylic acids is 2. The van der Waals surface area contributed by atoms with Crippen LogP contribution >= 0.6 is 0 Å². The van der Waals surface area contributed by atoms with Gasteiger partial charge in [-0.05, 0) is 36.4 Å². The van der Waals surface area contributed by atoms with E-state index in [1.165, 1.54) is 36.4 Å². The highest BCUT2D eigenvalue weighted by Gasteiger charge is 2.09. The molecule has 0 atom stereocenters. The Balaban J connectivity index is 1.81. The Labute approximate surface area is 156 Å². The van der Waals surface area contributed by atoms with Crippen molar-refractivity contribution in [3.63, 3.8) is 0 Å². The number of nitrogens with one attached hydrogen (secondary N) is 3. The molecular formula is C17H19N3O6S. The van der Waals surface area contributed by atoms with Gasteiger partial charge >= 0.3 is 0 Å². The summed E-state index contributed by atoms with van der Waals surface area (Å²) < 4.78 is 24.6. The van der Waals surface area contributed by atoms with Crippen molar-refractivity contribution in [2.24, 2.45) is 0 Å². The molecule has 0 aromatic heterocycles. The minimum atomic E-state index is -3.39. The molecule has 0 saturated carbocycles. The van der Waals surface area contributed by atoms with Crippen LogP contribution in [0.4, 0.5) is 5.69 Å². The molecule has 0 aliphatic heterocycles. The number of sulfonamides is 1. The number of hydrogen-bond acceptors (Lipinski definition) is 6. The summed E-state index contributed by atoms with van der Waals surface area (Å²) in [5, 5.41) is 23.9. The van der Waals surface area contributed by atoms with E-state index in [-0.39, 0.29) is 36.1 Å². The lowest BCUT2D eigenvalue weighted by Crippen LogP contribution is -2.34. The average molecular weight is 393 g/mol. The Kier molecular flexibility index (Phi) is 6.24. The van der Waals surface area contributed by atoms with Crippen LogP contribution < -0.4 is 15.4 Å². The van der Waals surface area contributed by atoms with Gasteiger partial charge in [-0.3, -0.25) is 14.3 Å². The van der Waals surface area contributed by atoms with Gasteiger partial charge in [0.1, 0.15) is 11.5 Å². The molecule has 2 aromatic carbocycles. The number of benzene rings is 2. The van der Waals surface area contributed by atoms with Crippen LogP contribution in [0.3, 0.4) is 0 Å². The van der Waals surface area contributed by atoms with Crippen molar-refractivity contribution < 1.29 is 28.2 Å². The highest BCUT2D eigenvalue weighted by molar-refractivity contribution is 7.92. The maximum Gasteiger partial charge on any atom is 0.251 e. The second kappa shape index (κ2) is 8.41. The Bertz CT molecular complexity index is 921. The van der Waals surface area contributed by atoms with Gasteiger partial charge in [0.05, 0.1) is 6.26 Å². The summed E-state index contributed by atoms with van der Waals surface area (Å²) >= 11 is 0. The molecule has 0 radical (unpaired) electrons. The predicted octanol–water partition coefficient (Wildman–Crippen LogP) is 0.629. The number of amides is 2. The Morgan fingerprint density at radius 3 is 1.81 bits per heavy atom. The lowest BCUT2D eigenvalue weighted by Gasteiger charge is -2.09. The molecule has 10 heteroatoms. The van der Waals surface area contributed by atoms with Crippen LogP contribution in [0.25, 0.3) is 0 Å². The van der Waals surface area contributed by atoms with E-state index in [0.29, 0.717) is 11.3 Å². The van der Waals surface area contributed by atoms with Crippen LogP contribution in [0.1, 0.15) is 20.7 Å². The zero-order chi connectivity index (χ0) is 20.0. The SMILES string of the molecule is CS(=O)(=O)Nc1ccc(C(=O)NCCNC(=O)c2cc(O)cc(O)c2)cc1. The molecule has 0 bridgehead atoms. The molecule has 0 aliphatic rings. The number of phenolic OH excluding ortho intramolecular Hbond substituents is 2. The fraction of sp³-hybridized carbons (Fsp3) is 0.176. The van der Waals surface area contributed by atoms with Gasteiger partial charge < -0.3 is 20.8 Å². The van der Waals surface area contributed by atoms with E-state index in [9.17, 15) is 28.2 Å². The molecule has 0 fully saturated rings. The highest BCUT2D eigenvalue weighted by Crippen LogP contribution is 2.20. The Hall–Kier alpha value is -3.27. The van der Waals surface area contributed by atoms with Crippen LogP contribution in [-0.2, 0) is 10.0 Å². The van der Waals surface area contributed by atoms with Gasteiger partial charge in [-0.2, -0.15) is 0 Å². The zero-order valence-corrected chi connectivity index (χ0v) is 15.2. The van der Waals surface area contributed by atoms with E-state index >= 15 is 0 Å². The van der Waals surface area contributed by atoms with E-state index in [2.05, 4.69) is 15.4 Å². The van der Waals surface area contributed by atoms with Crippen molar-refractivity contribution >= 4 is 27.5 Å². The molecule has 0 unspecified atom stereocenters. The number of rotatable bonds is 7. The first-order valence-corrected chi connectivity index (χ1v) is 9.70. The second-order valence-electron chi connectivity index (χ2n) is 5.70. The number of aromatic hydroxyl groups is 2. The molecule has 0 spiro atoms. The smallest absolute Gasteiger partial charge is 0.251 e. The molecule has 9 nitrogen and oxygen atoms in total. The first kappa shape index (κ1) is 20.0. The third-order valence-electron chi connectivity index (χ3n) is 3.31. The summed E-state index contributed by atoms with van der Waals surface area (Å²) in [6, 6.07) is 9.39. The van der Waals surface area contributed by atoms with Gasteiger partial charge in [-0.1, -0.05) is 0 Å². The Morgan fingerprint density at radius 2 is 1.33 bits per heavy atom. The van der Waals surface area contributed by atoms with Gasteiger partial charge in [-0.25, -0.2) is 8.42 Å². The summed E-state index contributed by atoms with van der Waals surface area (Å²) in [7, 11) is -3.39. The molecule has 0 heterocycles. The normalized spacial score (nSPS) is 10.9. The molecule has 27 heavy (non-hydrogen) atoms. The predicted molar refractivity (Wildman–Crippen MR) is 99.3 cm³/mol. The van der Waals surface area contributed by atoms with Crippen molar-refractivity contribution in [2.75, 3.05) is 24.1 Å². The van der Waals surface area contributed by atoms with Gasteiger partial charge in [0, 0.05) is 36.0 Å². The minimum Gasteiger partial charge on any atom is -0.508 e. The maximum absolute atomic E-state index is 12.0. The van der Waals surface area contributed by atoms with Gasteiger partial charge in [0.25, 0.3) is 11.8 Å². The van der Waals surface area contributed by atoms with E-state index in [1.54, 1.807) is 0 Å². The van der Waals surface area contributed by atoms with Gasteiger partial charge in [0.15, 0.2) is 0 Å². The van der Waals surface area contributed by atoms with Crippen LogP contribution in [0.2, 0.25) is 0 Å². The third-order valence-corrected chi connectivity index (χ3v) is 3.92. The molecule has 2 rings (SSSR count). The maximum atomic E-state index is 12.0. The number of hydrogen-bond donors (Lipinski definition) is 5. The molecule has 0 aliphatic carbocycles. The number of carbonyl (C=O) groups is 2. The van der Waals surface area contributed by atoms with Crippen LogP contribution in [-0.4, -0.2) is 49.8 Å². The summed E-state index contributed by atoms with van der Waals surface area (Å²) in [5.41, 5.74) is 0.766. The molecular weight excluding hydrogens is 374 g/mol. The minimum absolute atomic E-state index is 0.0905. The van der Waals surface area contributed by atoms with Crippen molar-refractivity contribution in [2.45, 2.75) is 0 Å². The number of anilines is 1. The van der Waals surface area contributed by atoms with Crippen LogP contribution in [0.15, 0.2) is 42.5 Å². The van der Waals surface area contributed by atoms with E-state index in [1.807, 2.05) is 0 Å². The van der Waals surface area contributed by atoms with Crippen molar-refractivity contribution in [1.29, 1.82) is 0 Å². The summed E-state index contributed by atoms with van der Waals surface area (Å²) in [4.78, 5) is 23.9. The van der Waals surface area contributed by atoms with E-state index in [0.717, 1.165) is 12.3 Å². The lowest BCUT2D eigenvalue weighted by molar-refractivity contribution is 0.0927. The monoisotopic (exact) mass is 393 g/mol. The molecule has 144 valence electrons. The van der Waals surface area contributed by atoms with Crippen molar-refractivity contribution in [3.05, 3.63) is 53.6 Å². The molecule has 5 N–H and O–H groups in total. The van der Waals surface area contributed by atoms with Gasteiger partial charge in [0.2, 0.25) is 10.0 Å². The summed E-state index contributed by atoms with van der Waals surface area (Å²) in [6.07, 6.45) is 1.03. The zero-order valence-electron chi connectivity index (χ0n) is 14.4. The Morgan fingerprint density at radius 1 is 0.852 bits per heavy atom. The first-order valence-electron chi connectivity index (χ1n) is 7.81. The first-order chi connectivity index (χ1) is 12.6. The average Bonchev–Trinajstić information content (AvgIpc) is 2.56. The second-order valence-corrected chi connectivity index (χ2v) is 7.45. The summed E-state index contributed by atoms with van der Waals surface area (Å²) in [5.74, 6) is -1.36. The topological polar surface area (TPSA) is 145 Å². The molecule has 0 saturated heterocycles.